The predicted molar refractivity (Wildman–Crippen MR) is 203 cm³/mol. The van der Waals surface area contributed by atoms with Gasteiger partial charge in [-0.25, -0.2) is 4.98 Å². The van der Waals surface area contributed by atoms with Gasteiger partial charge in [-0.1, -0.05) is 105 Å². The largest absolute Gasteiger partial charge is 0.486 e. The van der Waals surface area contributed by atoms with Crippen LogP contribution in [0.25, 0.3) is 55.7 Å². The summed E-state index contributed by atoms with van der Waals surface area (Å²) in [6.07, 6.45) is 4.14. The first-order chi connectivity index (χ1) is 27.0. The van der Waals surface area contributed by atoms with Gasteiger partial charge in [-0.05, 0) is 71.4 Å². The van der Waals surface area contributed by atoms with Gasteiger partial charge in [0, 0.05) is 61.7 Å². The first-order valence-electron chi connectivity index (χ1n) is 20.5. The second-order valence-electron chi connectivity index (χ2n) is 13.4. The van der Waals surface area contributed by atoms with E-state index in [-0.39, 0.29) is 48.2 Å². The topological polar surface area (TPSA) is 51.8 Å². The van der Waals surface area contributed by atoms with Crippen molar-refractivity contribution in [3.05, 3.63) is 132 Å². The summed E-state index contributed by atoms with van der Waals surface area (Å²) in [6, 6.07) is 27.9. The molecule has 0 spiro atoms. The van der Waals surface area contributed by atoms with Gasteiger partial charge in [0.15, 0.2) is 0 Å². The van der Waals surface area contributed by atoms with Crippen molar-refractivity contribution in [2.45, 2.75) is 60.5 Å². The first-order valence-corrected chi connectivity index (χ1v) is 19.5. The fourth-order valence-corrected chi connectivity index (χ4v) is 7.43. The zero-order valence-electron chi connectivity index (χ0n) is 37.4. The summed E-state index contributed by atoms with van der Waals surface area (Å²) in [6.45, 7) is 4.11. The Labute approximate surface area is 322 Å². The van der Waals surface area contributed by atoms with Crippen LogP contribution in [0.2, 0.25) is 19.6 Å². The van der Waals surface area contributed by atoms with E-state index in [1.165, 1.54) is 29.1 Å². The fourth-order valence-electron chi connectivity index (χ4n) is 5.84. The zero-order chi connectivity index (χ0) is 42.4. The Morgan fingerprint density at radius 3 is 2.34 bits per heavy atom. The van der Waals surface area contributed by atoms with E-state index in [2.05, 4.69) is 60.6 Å². The summed E-state index contributed by atoms with van der Waals surface area (Å²) in [5, 5.41) is 2.70. The molecule has 4 aromatic heterocycles. The van der Waals surface area contributed by atoms with E-state index in [4.69, 9.17) is 16.8 Å². The van der Waals surface area contributed by atoms with E-state index in [9.17, 15) is 4.39 Å². The van der Waals surface area contributed by atoms with Crippen LogP contribution < -0.4 is 5.19 Å². The maximum atomic E-state index is 14.5. The van der Waals surface area contributed by atoms with Crippen LogP contribution in [-0.4, -0.2) is 23.0 Å². The molecule has 0 fully saturated rings. The van der Waals surface area contributed by atoms with Crippen LogP contribution >= 0.6 is 0 Å². The maximum Gasteiger partial charge on any atom is 0.216 e. The minimum Gasteiger partial charge on any atom is -0.486 e. The maximum absolute atomic E-state index is 14.5. The fraction of sp³-hybridized carbons (Fsp3) is 0.233. The monoisotopic (exact) mass is 865 g/mol. The standard InChI is InChI=1S/C24H17N2O.C19H25FNSi.Ir/c1-15-14-25-22(13-21(15)17-7-4-3-5-8-17)20-10-6-9-18-19-12-11-16(2)26-24(19)27-23(18)20;1-13(2)9-15-11-18(21-12-19(15)22(4,5)6)16-8-7-14(3)10-17(16)20;/h3-9,11-14H,1-2H3;7,10-13H,9H2,1-6H3;/q2*-1;/i1D3,2D3;3D3;. The normalized spacial score (nSPS) is 14.8. The summed E-state index contributed by atoms with van der Waals surface area (Å²) < 4.78 is 89.2. The third kappa shape index (κ3) is 8.02. The van der Waals surface area contributed by atoms with Crippen LogP contribution in [0.5, 0.6) is 0 Å². The van der Waals surface area contributed by atoms with Crippen molar-refractivity contribution in [1.29, 1.82) is 0 Å². The average molecular weight is 865 g/mol. The molecule has 50 heavy (non-hydrogen) atoms. The van der Waals surface area contributed by atoms with Crippen molar-refractivity contribution in [2.24, 2.45) is 5.92 Å². The van der Waals surface area contributed by atoms with Crippen LogP contribution in [-0.2, 0) is 26.5 Å². The van der Waals surface area contributed by atoms with Gasteiger partial charge in [-0.2, -0.15) is 0 Å². The van der Waals surface area contributed by atoms with Gasteiger partial charge in [0.25, 0.3) is 0 Å². The number of pyridine rings is 3. The number of nitrogens with zero attached hydrogens (tertiary/aromatic N) is 3. The Hall–Kier alpha value is -4.29. The van der Waals surface area contributed by atoms with Crippen molar-refractivity contribution in [1.82, 2.24) is 15.0 Å². The molecule has 0 saturated heterocycles. The summed E-state index contributed by atoms with van der Waals surface area (Å²) in [5.41, 5.74) is 4.98. The Bertz CT molecular complexity index is 2600. The van der Waals surface area contributed by atoms with Gasteiger partial charge in [-0.15, -0.1) is 42.0 Å². The van der Waals surface area contributed by atoms with Gasteiger partial charge < -0.3 is 14.4 Å². The van der Waals surface area contributed by atoms with Crippen molar-refractivity contribution >= 4 is 35.3 Å². The number of benzene rings is 3. The number of fused-ring (bicyclic) bond motifs is 3. The Morgan fingerprint density at radius 1 is 0.860 bits per heavy atom. The van der Waals surface area contributed by atoms with Gasteiger partial charge in [0.05, 0.1) is 13.7 Å². The van der Waals surface area contributed by atoms with Gasteiger partial charge in [0.1, 0.15) is 0 Å². The molecule has 7 heteroatoms. The van der Waals surface area contributed by atoms with E-state index < -0.39 is 34.4 Å². The van der Waals surface area contributed by atoms with E-state index >= 15 is 0 Å². The quantitative estimate of drug-likeness (QED) is 0.123. The molecule has 0 amide bonds. The van der Waals surface area contributed by atoms with Crippen molar-refractivity contribution in [2.75, 3.05) is 0 Å². The van der Waals surface area contributed by atoms with E-state index in [0.29, 0.717) is 39.4 Å². The molecule has 0 bridgehead atoms. The number of hydrogen-bond donors (Lipinski definition) is 0. The Kier molecular flexibility index (Phi) is 8.11. The number of furan rings is 1. The molecule has 7 rings (SSSR count). The second kappa shape index (κ2) is 15.3. The minimum absolute atomic E-state index is 0. The molecule has 0 aliphatic rings. The smallest absolute Gasteiger partial charge is 0.216 e. The third-order valence-electron chi connectivity index (χ3n) is 8.12. The third-order valence-corrected chi connectivity index (χ3v) is 10.2. The molecule has 257 valence electrons. The van der Waals surface area contributed by atoms with Crippen LogP contribution in [0.4, 0.5) is 4.39 Å². The first kappa shape index (κ1) is 26.5. The van der Waals surface area contributed by atoms with Crippen LogP contribution in [0, 0.1) is 44.4 Å². The van der Waals surface area contributed by atoms with Crippen molar-refractivity contribution in [3.8, 4) is 33.6 Å². The van der Waals surface area contributed by atoms with E-state index in [0.717, 1.165) is 23.4 Å². The Balaban J connectivity index is 0.000000230. The minimum atomic E-state index is -2.35. The molecule has 0 N–H and O–H groups in total. The van der Waals surface area contributed by atoms with Crippen LogP contribution in [0.15, 0.2) is 95.7 Å². The number of rotatable bonds is 6. The van der Waals surface area contributed by atoms with Crippen LogP contribution in [0.3, 0.4) is 0 Å². The molecule has 1 radical (unpaired) electrons. The summed E-state index contributed by atoms with van der Waals surface area (Å²) in [4.78, 5) is 13.1. The molecule has 3 aromatic carbocycles. The van der Waals surface area contributed by atoms with Gasteiger partial charge in [-0.3, -0.25) is 4.39 Å². The number of hydrogen-bond acceptors (Lipinski definition) is 4. The molecule has 0 unspecified atom stereocenters. The van der Waals surface area contributed by atoms with Gasteiger partial charge >= 0.3 is 0 Å². The molecule has 4 nitrogen and oxygen atoms in total. The summed E-state index contributed by atoms with van der Waals surface area (Å²) >= 11 is 0. The summed E-state index contributed by atoms with van der Waals surface area (Å²) in [5.74, 6) is -0.116. The Morgan fingerprint density at radius 2 is 1.64 bits per heavy atom. The molecular weight excluding hydrogens is 814 g/mol. The number of aryl methyl sites for hydroxylation is 3. The van der Waals surface area contributed by atoms with Crippen molar-refractivity contribution < 1.29 is 41.2 Å². The predicted octanol–water partition coefficient (Wildman–Crippen LogP) is 10.9. The van der Waals surface area contributed by atoms with Crippen LogP contribution in [0.1, 0.15) is 48.6 Å². The zero-order valence-corrected chi connectivity index (χ0v) is 31.8. The molecule has 0 aliphatic carbocycles. The van der Waals surface area contributed by atoms with E-state index in [1.807, 2.05) is 48.7 Å². The van der Waals surface area contributed by atoms with Gasteiger partial charge in [0.2, 0.25) is 5.71 Å². The average Bonchev–Trinajstić information content (AvgIpc) is 3.52. The SMILES string of the molecule is [2H]C([2H])([2H])c1c[c-]c(-c2cc(CC(C)C)c([Si](C)(C)C)cn2)c(F)c1.[2H]C([2H])([2H])c1ccc2c(n1)oc1c(-c3cc(-c4ccccc4)c(C([2H])([2H])[2H])cn3)[c-]ccc12.[Ir]. The van der Waals surface area contributed by atoms with Crippen molar-refractivity contribution in [3.63, 3.8) is 0 Å². The molecule has 0 atom stereocenters. The number of aromatic nitrogens is 3. The number of halogens is 1. The molecule has 0 saturated carbocycles. The summed E-state index contributed by atoms with van der Waals surface area (Å²) in [7, 11) is -1.56. The second-order valence-corrected chi connectivity index (χ2v) is 18.5. The molecule has 0 aliphatic heterocycles. The molecule has 4 heterocycles. The molecule has 7 aromatic rings. The van der Waals surface area contributed by atoms with E-state index in [1.54, 1.807) is 18.2 Å². The molecular formula is C43H42FIrN3OSi-2.